The molecule has 1 aromatic rings. The van der Waals surface area contributed by atoms with Gasteiger partial charge in [-0.15, -0.1) is 0 Å². The van der Waals surface area contributed by atoms with Crippen LogP contribution >= 0.6 is 0 Å². The van der Waals surface area contributed by atoms with Gasteiger partial charge < -0.3 is 15.0 Å². The number of aryl methyl sites for hydroxylation is 1. The third-order valence-electron chi connectivity index (χ3n) is 2.06. The zero-order valence-electron chi connectivity index (χ0n) is 9.03. The molecule has 0 fully saturated rings. The summed E-state index contributed by atoms with van der Waals surface area (Å²) in [5.74, 6) is 0. The minimum Gasteiger partial charge on any atom is -0.392 e. The predicted molar refractivity (Wildman–Crippen MR) is 58.1 cm³/mol. The van der Waals surface area contributed by atoms with Crippen molar-refractivity contribution in [3.8, 4) is 0 Å². The Balaban J connectivity index is 2.28. The van der Waals surface area contributed by atoms with Gasteiger partial charge in [0.15, 0.2) is 0 Å². The van der Waals surface area contributed by atoms with Gasteiger partial charge in [0.2, 0.25) is 0 Å². The van der Waals surface area contributed by atoms with Crippen LogP contribution in [0.2, 0.25) is 0 Å². The molecule has 0 amide bonds. The van der Waals surface area contributed by atoms with Crippen molar-refractivity contribution in [2.24, 2.45) is 0 Å². The molecule has 80 valence electrons. The molecule has 1 aromatic heterocycles. The molecular formula is C11H20N2O. The van der Waals surface area contributed by atoms with Crippen LogP contribution in [0.1, 0.15) is 25.8 Å². The maximum atomic E-state index is 9.05. The number of nitrogens with one attached hydrogen (secondary N) is 1. The second-order valence-electron chi connectivity index (χ2n) is 3.74. The van der Waals surface area contributed by atoms with E-state index in [1.807, 2.05) is 0 Å². The smallest absolute Gasteiger partial charge is 0.0636 e. The average Bonchev–Trinajstić information content (AvgIpc) is 2.53. The lowest BCUT2D eigenvalue weighted by molar-refractivity contribution is 0.191. The standard InChI is InChI=1S/C11H20N2O/c1-3-5-13-6-4-11(9-13)8-12-7-10(2)14/h4,6,9-10,12,14H,3,5,7-8H2,1-2H3. The Morgan fingerprint density at radius 1 is 1.57 bits per heavy atom. The van der Waals surface area contributed by atoms with Crippen molar-refractivity contribution in [2.75, 3.05) is 6.54 Å². The molecule has 0 aromatic carbocycles. The number of aliphatic hydroxyl groups is 1. The molecule has 0 aliphatic rings. The lowest BCUT2D eigenvalue weighted by Crippen LogP contribution is -2.23. The van der Waals surface area contributed by atoms with Crippen LogP contribution in [0.25, 0.3) is 0 Å². The van der Waals surface area contributed by atoms with Crippen molar-refractivity contribution >= 4 is 0 Å². The van der Waals surface area contributed by atoms with Gasteiger partial charge >= 0.3 is 0 Å². The Bertz CT molecular complexity index is 256. The Kier molecular flexibility index (Phi) is 4.70. The number of aromatic nitrogens is 1. The molecule has 3 heteroatoms. The van der Waals surface area contributed by atoms with E-state index in [0.29, 0.717) is 6.54 Å². The zero-order chi connectivity index (χ0) is 10.4. The number of rotatable bonds is 6. The zero-order valence-corrected chi connectivity index (χ0v) is 9.03. The molecule has 0 radical (unpaired) electrons. The fourth-order valence-corrected chi connectivity index (χ4v) is 1.42. The highest BCUT2D eigenvalue weighted by Crippen LogP contribution is 2.01. The summed E-state index contributed by atoms with van der Waals surface area (Å²) in [6.07, 6.45) is 5.14. The SMILES string of the molecule is CCCn1ccc(CNCC(C)O)c1. The number of hydrogen-bond donors (Lipinski definition) is 2. The van der Waals surface area contributed by atoms with Gasteiger partial charge in [-0.2, -0.15) is 0 Å². The fraction of sp³-hybridized carbons (Fsp3) is 0.636. The van der Waals surface area contributed by atoms with Gasteiger partial charge in [0, 0.05) is 32.0 Å². The minimum atomic E-state index is -0.271. The predicted octanol–water partition coefficient (Wildman–Crippen LogP) is 1.37. The summed E-state index contributed by atoms with van der Waals surface area (Å²) in [6, 6.07) is 2.12. The molecule has 0 aliphatic carbocycles. The first-order valence-corrected chi connectivity index (χ1v) is 5.25. The highest BCUT2D eigenvalue weighted by molar-refractivity contribution is 5.09. The van der Waals surface area contributed by atoms with Gasteiger partial charge in [-0.05, 0) is 25.0 Å². The van der Waals surface area contributed by atoms with Crippen molar-refractivity contribution in [3.63, 3.8) is 0 Å². The van der Waals surface area contributed by atoms with Crippen molar-refractivity contribution in [1.29, 1.82) is 0 Å². The number of aliphatic hydroxyl groups excluding tert-OH is 1. The normalized spacial score (nSPS) is 13.1. The summed E-state index contributed by atoms with van der Waals surface area (Å²) in [7, 11) is 0. The Morgan fingerprint density at radius 2 is 2.36 bits per heavy atom. The van der Waals surface area contributed by atoms with Crippen molar-refractivity contribution in [2.45, 2.75) is 39.5 Å². The van der Waals surface area contributed by atoms with Crippen LogP contribution < -0.4 is 5.32 Å². The molecule has 3 nitrogen and oxygen atoms in total. The van der Waals surface area contributed by atoms with Crippen LogP contribution in [0.4, 0.5) is 0 Å². The van der Waals surface area contributed by atoms with Gasteiger partial charge in [-0.1, -0.05) is 6.92 Å². The highest BCUT2D eigenvalue weighted by Gasteiger charge is 1.97. The van der Waals surface area contributed by atoms with E-state index in [0.717, 1.165) is 19.5 Å². The van der Waals surface area contributed by atoms with Gasteiger partial charge in [0.1, 0.15) is 0 Å². The largest absolute Gasteiger partial charge is 0.392 e. The first-order chi connectivity index (χ1) is 6.72. The molecule has 0 saturated heterocycles. The van der Waals surface area contributed by atoms with Crippen molar-refractivity contribution in [1.82, 2.24) is 9.88 Å². The molecule has 1 rings (SSSR count). The van der Waals surface area contributed by atoms with Crippen molar-refractivity contribution < 1.29 is 5.11 Å². The van der Waals surface area contributed by atoms with E-state index >= 15 is 0 Å². The van der Waals surface area contributed by atoms with Crippen LogP contribution in [-0.2, 0) is 13.1 Å². The fourth-order valence-electron chi connectivity index (χ4n) is 1.42. The van der Waals surface area contributed by atoms with E-state index in [9.17, 15) is 0 Å². The third-order valence-corrected chi connectivity index (χ3v) is 2.06. The Morgan fingerprint density at radius 3 is 3.00 bits per heavy atom. The summed E-state index contributed by atoms with van der Waals surface area (Å²) in [5.41, 5.74) is 1.28. The van der Waals surface area contributed by atoms with Crippen LogP contribution in [0.5, 0.6) is 0 Å². The van der Waals surface area contributed by atoms with E-state index < -0.39 is 0 Å². The monoisotopic (exact) mass is 196 g/mol. The summed E-state index contributed by atoms with van der Waals surface area (Å²) in [5, 5.41) is 12.2. The second-order valence-corrected chi connectivity index (χ2v) is 3.74. The van der Waals surface area contributed by atoms with E-state index in [-0.39, 0.29) is 6.10 Å². The molecule has 0 saturated carbocycles. The summed E-state index contributed by atoms with van der Waals surface area (Å²) in [6.45, 7) is 6.53. The second kappa shape index (κ2) is 5.83. The first kappa shape index (κ1) is 11.3. The topological polar surface area (TPSA) is 37.2 Å². The maximum absolute atomic E-state index is 9.05. The van der Waals surface area contributed by atoms with Gasteiger partial charge in [0.25, 0.3) is 0 Å². The molecule has 0 spiro atoms. The number of hydrogen-bond acceptors (Lipinski definition) is 2. The van der Waals surface area contributed by atoms with Crippen molar-refractivity contribution in [3.05, 3.63) is 24.0 Å². The average molecular weight is 196 g/mol. The van der Waals surface area contributed by atoms with Gasteiger partial charge in [-0.25, -0.2) is 0 Å². The molecule has 1 heterocycles. The lowest BCUT2D eigenvalue weighted by atomic mass is 10.3. The molecule has 14 heavy (non-hydrogen) atoms. The highest BCUT2D eigenvalue weighted by atomic mass is 16.3. The van der Waals surface area contributed by atoms with Crippen LogP contribution in [0.15, 0.2) is 18.5 Å². The van der Waals surface area contributed by atoms with Crippen LogP contribution in [0, 0.1) is 0 Å². The van der Waals surface area contributed by atoms with Crippen LogP contribution in [-0.4, -0.2) is 22.3 Å². The molecule has 1 atom stereocenters. The Labute approximate surface area is 85.7 Å². The summed E-state index contributed by atoms with van der Waals surface area (Å²) in [4.78, 5) is 0. The number of nitrogens with zero attached hydrogens (tertiary/aromatic N) is 1. The minimum absolute atomic E-state index is 0.271. The molecule has 1 unspecified atom stereocenters. The summed E-state index contributed by atoms with van der Waals surface area (Å²) >= 11 is 0. The van der Waals surface area contributed by atoms with E-state index in [2.05, 4.69) is 35.3 Å². The van der Waals surface area contributed by atoms with E-state index in [1.54, 1.807) is 6.92 Å². The first-order valence-electron chi connectivity index (χ1n) is 5.25. The lowest BCUT2D eigenvalue weighted by Gasteiger charge is -2.05. The Hall–Kier alpha value is -0.800. The van der Waals surface area contributed by atoms with E-state index in [4.69, 9.17) is 5.11 Å². The third kappa shape index (κ3) is 3.94. The van der Waals surface area contributed by atoms with Gasteiger partial charge in [-0.3, -0.25) is 0 Å². The van der Waals surface area contributed by atoms with Crippen LogP contribution in [0.3, 0.4) is 0 Å². The van der Waals surface area contributed by atoms with E-state index in [1.165, 1.54) is 5.56 Å². The molecular weight excluding hydrogens is 176 g/mol. The molecule has 0 bridgehead atoms. The summed E-state index contributed by atoms with van der Waals surface area (Å²) < 4.78 is 2.19. The quantitative estimate of drug-likeness (QED) is 0.721. The maximum Gasteiger partial charge on any atom is 0.0636 e. The molecule has 0 aliphatic heterocycles. The van der Waals surface area contributed by atoms with Gasteiger partial charge in [0.05, 0.1) is 6.10 Å². The molecule has 2 N–H and O–H groups in total.